The molecule has 1 aromatic carbocycles. The van der Waals surface area contributed by atoms with Crippen molar-refractivity contribution in [1.82, 2.24) is 9.78 Å². The van der Waals surface area contributed by atoms with Crippen molar-refractivity contribution >= 4 is 0 Å². The molecule has 0 aliphatic heterocycles. The third kappa shape index (κ3) is 2.69. The van der Waals surface area contributed by atoms with E-state index in [1.165, 1.54) is 19.3 Å². The van der Waals surface area contributed by atoms with Gasteiger partial charge in [-0.15, -0.1) is 6.42 Å². The highest BCUT2D eigenvalue weighted by atomic mass is 19.2. The van der Waals surface area contributed by atoms with Crippen LogP contribution in [0.25, 0.3) is 11.1 Å². The summed E-state index contributed by atoms with van der Waals surface area (Å²) in [5.74, 6) is 0.588. The van der Waals surface area contributed by atoms with Gasteiger partial charge in [-0.05, 0) is 25.0 Å². The molecule has 4 heteroatoms. The second kappa shape index (κ2) is 5.69. The smallest absolute Gasteiger partial charge is 0.160 e. The maximum atomic E-state index is 13.5. The molecular weight excluding hydrogens is 270 g/mol. The molecule has 0 atom stereocenters. The Bertz CT molecular complexity index is 691. The number of benzene rings is 1. The fourth-order valence-electron chi connectivity index (χ4n) is 2.93. The van der Waals surface area contributed by atoms with Gasteiger partial charge in [0.05, 0.1) is 12.2 Å². The zero-order valence-electron chi connectivity index (χ0n) is 11.6. The van der Waals surface area contributed by atoms with E-state index >= 15 is 0 Å². The summed E-state index contributed by atoms with van der Waals surface area (Å²) in [6.45, 7) is 0. The first-order chi connectivity index (χ1) is 10.2. The van der Waals surface area contributed by atoms with Crippen molar-refractivity contribution < 1.29 is 8.78 Å². The van der Waals surface area contributed by atoms with Crippen LogP contribution >= 0.6 is 0 Å². The van der Waals surface area contributed by atoms with Crippen molar-refractivity contribution in [3.8, 4) is 23.5 Å². The lowest BCUT2D eigenvalue weighted by Gasteiger charge is -2.21. The molecule has 108 valence electrons. The summed E-state index contributed by atoms with van der Waals surface area (Å²) in [6, 6.07) is 2.60. The molecule has 1 saturated carbocycles. The summed E-state index contributed by atoms with van der Waals surface area (Å²) in [6.07, 6.45) is 14.9. The number of rotatable bonds is 2. The molecule has 1 aliphatic rings. The monoisotopic (exact) mass is 286 g/mol. The van der Waals surface area contributed by atoms with Gasteiger partial charge >= 0.3 is 0 Å². The minimum Gasteiger partial charge on any atom is -0.269 e. The fourth-order valence-corrected chi connectivity index (χ4v) is 2.93. The molecule has 0 radical (unpaired) electrons. The molecule has 0 saturated heterocycles. The zero-order chi connectivity index (χ0) is 14.8. The van der Waals surface area contributed by atoms with Gasteiger partial charge in [-0.25, -0.2) is 8.78 Å². The highest BCUT2D eigenvalue weighted by Gasteiger charge is 2.17. The normalized spacial score (nSPS) is 15.9. The quantitative estimate of drug-likeness (QED) is 0.752. The molecular formula is C17H16F2N2. The summed E-state index contributed by atoms with van der Waals surface area (Å²) in [5, 5.41) is 4.38. The molecule has 0 bridgehead atoms. The van der Waals surface area contributed by atoms with Crippen LogP contribution in [0.4, 0.5) is 8.78 Å². The van der Waals surface area contributed by atoms with Crippen molar-refractivity contribution in [3.63, 3.8) is 0 Å². The molecule has 0 unspecified atom stereocenters. The average molecular weight is 286 g/mol. The molecule has 0 amide bonds. The van der Waals surface area contributed by atoms with Crippen LogP contribution in [0.3, 0.4) is 0 Å². The standard InChI is InChI=1S/C17H16F2N2/c1-2-12-8-16(18)17(19)9-15(12)13-10-20-21(11-13)14-6-4-3-5-7-14/h1,8-11,14H,3-7H2. The first kappa shape index (κ1) is 13.8. The Balaban J connectivity index is 1.96. The summed E-state index contributed by atoms with van der Waals surface area (Å²) < 4.78 is 28.7. The Kier molecular flexibility index (Phi) is 3.74. The van der Waals surface area contributed by atoms with Crippen molar-refractivity contribution in [3.05, 3.63) is 41.7 Å². The average Bonchev–Trinajstić information content (AvgIpc) is 3.00. The minimum atomic E-state index is -0.925. The topological polar surface area (TPSA) is 17.8 Å². The van der Waals surface area contributed by atoms with Crippen molar-refractivity contribution in [2.75, 3.05) is 0 Å². The van der Waals surface area contributed by atoms with Gasteiger partial charge in [0.2, 0.25) is 0 Å². The van der Waals surface area contributed by atoms with Crippen LogP contribution in [-0.2, 0) is 0 Å². The Morgan fingerprint density at radius 2 is 1.86 bits per heavy atom. The van der Waals surface area contributed by atoms with Crippen LogP contribution in [0.2, 0.25) is 0 Å². The van der Waals surface area contributed by atoms with Gasteiger partial charge in [0.25, 0.3) is 0 Å². The largest absolute Gasteiger partial charge is 0.269 e. The number of hydrogen-bond acceptors (Lipinski definition) is 1. The van der Waals surface area contributed by atoms with Gasteiger partial charge in [0, 0.05) is 22.9 Å². The third-order valence-electron chi connectivity index (χ3n) is 4.08. The molecule has 0 spiro atoms. The number of terminal acetylenes is 1. The van der Waals surface area contributed by atoms with Gasteiger partial charge in [-0.3, -0.25) is 4.68 Å². The second-order valence-corrected chi connectivity index (χ2v) is 5.46. The van der Waals surface area contributed by atoms with Gasteiger partial charge in [-0.1, -0.05) is 25.2 Å². The minimum absolute atomic E-state index is 0.345. The van der Waals surface area contributed by atoms with Crippen LogP contribution in [-0.4, -0.2) is 9.78 Å². The van der Waals surface area contributed by atoms with Crippen molar-refractivity contribution in [2.24, 2.45) is 0 Å². The van der Waals surface area contributed by atoms with E-state index in [1.807, 2.05) is 10.9 Å². The maximum absolute atomic E-state index is 13.5. The van der Waals surface area contributed by atoms with Crippen LogP contribution in [0.15, 0.2) is 24.5 Å². The first-order valence-electron chi connectivity index (χ1n) is 7.19. The molecule has 1 fully saturated rings. The fraction of sp³-hybridized carbons (Fsp3) is 0.353. The molecule has 1 aliphatic carbocycles. The summed E-state index contributed by atoms with van der Waals surface area (Å²) >= 11 is 0. The van der Waals surface area contributed by atoms with E-state index in [-0.39, 0.29) is 0 Å². The van der Waals surface area contributed by atoms with Gasteiger partial charge in [-0.2, -0.15) is 5.10 Å². The van der Waals surface area contributed by atoms with Gasteiger partial charge in [0.15, 0.2) is 11.6 Å². The predicted octanol–water partition coefficient (Wildman–Crippen LogP) is 4.31. The van der Waals surface area contributed by atoms with Crippen LogP contribution in [0, 0.1) is 24.0 Å². The van der Waals surface area contributed by atoms with E-state index in [2.05, 4.69) is 11.0 Å². The van der Waals surface area contributed by atoms with Crippen LogP contribution in [0.1, 0.15) is 43.7 Å². The Labute approximate surface area is 122 Å². The molecule has 2 nitrogen and oxygen atoms in total. The first-order valence-corrected chi connectivity index (χ1v) is 7.19. The predicted molar refractivity (Wildman–Crippen MR) is 77.6 cm³/mol. The highest BCUT2D eigenvalue weighted by molar-refractivity contribution is 5.70. The Morgan fingerprint density at radius 3 is 2.57 bits per heavy atom. The molecule has 3 rings (SSSR count). The number of nitrogens with zero attached hydrogens (tertiary/aromatic N) is 2. The van der Waals surface area contributed by atoms with E-state index in [9.17, 15) is 8.78 Å². The lowest BCUT2D eigenvalue weighted by molar-refractivity contribution is 0.329. The van der Waals surface area contributed by atoms with E-state index in [1.54, 1.807) is 6.20 Å². The molecule has 0 N–H and O–H groups in total. The summed E-state index contributed by atoms with van der Waals surface area (Å²) in [4.78, 5) is 0. The van der Waals surface area contributed by atoms with E-state index in [0.29, 0.717) is 17.2 Å². The van der Waals surface area contributed by atoms with Crippen LogP contribution < -0.4 is 0 Å². The molecule has 1 aromatic heterocycles. The third-order valence-corrected chi connectivity index (χ3v) is 4.08. The summed E-state index contributed by atoms with van der Waals surface area (Å²) in [7, 11) is 0. The SMILES string of the molecule is C#Cc1cc(F)c(F)cc1-c1cnn(C2CCCCC2)c1. The van der Waals surface area contributed by atoms with Crippen LogP contribution in [0.5, 0.6) is 0 Å². The van der Waals surface area contributed by atoms with Gasteiger partial charge < -0.3 is 0 Å². The Morgan fingerprint density at radius 1 is 1.14 bits per heavy atom. The van der Waals surface area contributed by atoms with Crippen molar-refractivity contribution in [2.45, 2.75) is 38.1 Å². The lowest BCUT2D eigenvalue weighted by atomic mass is 9.95. The van der Waals surface area contributed by atoms with E-state index in [0.717, 1.165) is 30.5 Å². The Hall–Kier alpha value is -2.15. The summed E-state index contributed by atoms with van der Waals surface area (Å²) in [5.41, 5.74) is 1.59. The lowest BCUT2D eigenvalue weighted by Crippen LogP contribution is -2.12. The van der Waals surface area contributed by atoms with E-state index in [4.69, 9.17) is 6.42 Å². The maximum Gasteiger partial charge on any atom is 0.160 e. The van der Waals surface area contributed by atoms with Gasteiger partial charge in [0.1, 0.15) is 0 Å². The molecule has 2 aromatic rings. The number of halogens is 2. The number of hydrogen-bond donors (Lipinski definition) is 0. The second-order valence-electron chi connectivity index (χ2n) is 5.46. The highest BCUT2D eigenvalue weighted by Crippen LogP contribution is 2.30. The zero-order valence-corrected chi connectivity index (χ0v) is 11.6. The number of aromatic nitrogens is 2. The van der Waals surface area contributed by atoms with Crippen molar-refractivity contribution in [1.29, 1.82) is 0 Å². The van der Waals surface area contributed by atoms with E-state index < -0.39 is 11.6 Å². The molecule has 21 heavy (non-hydrogen) atoms. The molecule has 1 heterocycles.